The van der Waals surface area contributed by atoms with E-state index in [-0.39, 0.29) is 11.8 Å². The number of hydrogen-bond donors (Lipinski definition) is 2. The molecule has 1 atom stereocenters. The van der Waals surface area contributed by atoms with Gasteiger partial charge >= 0.3 is 0 Å². The molecule has 0 heterocycles. The van der Waals surface area contributed by atoms with Crippen molar-refractivity contribution in [2.24, 2.45) is 11.7 Å². The summed E-state index contributed by atoms with van der Waals surface area (Å²) in [7, 11) is 1.63. The van der Waals surface area contributed by atoms with Gasteiger partial charge in [0, 0.05) is 32.4 Å². The van der Waals surface area contributed by atoms with Crippen LogP contribution in [0.1, 0.15) is 13.3 Å². The number of anilines is 1. The van der Waals surface area contributed by atoms with Gasteiger partial charge in [-0.05, 0) is 30.2 Å². The Morgan fingerprint density at radius 2 is 2.05 bits per heavy atom. The van der Waals surface area contributed by atoms with Gasteiger partial charge in [-0.15, -0.1) is 0 Å². The van der Waals surface area contributed by atoms with E-state index in [1.54, 1.807) is 7.11 Å². The third-order valence-electron chi connectivity index (χ3n) is 2.51. The van der Waals surface area contributed by atoms with Crippen molar-refractivity contribution in [1.29, 1.82) is 0 Å². The number of carbonyl (C=O) groups is 1. The van der Waals surface area contributed by atoms with E-state index in [0.717, 1.165) is 11.4 Å². The number of carbonyl (C=O) groups excluding carboxylic acids is 1. The lowest BCUT2D eigenvalue weighted by Gasteiger charge is -2.11. The first-order valence-electron chi connectivity index (χ1n) is 6.37. The minimum absolute atomic E-state index is 0.0137. The molecule has 0 saturated carbocycles. The Kier molecular flexibility index (Phi) is 6.92. The minimum Gasteiger partial charge on any atom is -0.492 e. The van der Waals surface area contributed by atoms with E-state index in [1.165, 1.54) is 0 Å². The maximum atomic E-state index is 11.7. The van der Waals surface area contributed by atoms with E-state index in [0.29, 0.717) is 26.2 Å². The van der Waals surface area contributed by atoms with E-state index in [9.17, 15) is 4.79 Å². The quantitative estimate of drug-likeness (QED) is 0.750. The van der Waals surface area contributed by atoms with Crippen LogP contribution in [-0.4, -0.2) is 32.8 Å². The lowest BCUT2D eigenvalue weighted by atomic mass is 10.1. The van der Waals surface area contributed by atoms with Gasteiger partial charge in [-0.2, -0.15) is 0 Å². The monoisotopic (exact) mass is 266 g/mol. The Morgan fingerprint density at radius 1 is 1.37 bits per heavy atom. The van der Waals surface area contributed by atoms with Crippen molar-refractivity contribution < 1.29 is 14.3 Å². The van der Waals surface area contributed by atoms with E-state index in [1.807, 2.05) is 31.2 Å². The van der Waals surface area contributed by atoms with Crippen LogP contribution in [0.5, 0.6) is 5.75 Å². The molecular formula is C14H22N2O3. The van der Waals surface area contributed by atoms with Crippen LogP contribution in [0.3, 0.4) is 0 Å². The number of nitrogens with two attached hydrogens (primary N) is 1. The Balaban J connectivity index is 2.42. The smallest absolute Gasteiger partial charge is 0.224 e. The Morgan fingerprint density at radius 3 is 2.63 bits per heavy atom. The maximum Gasteiger partial charge on any atom is 0.224 e. The predicted molar refractivity (Wildman–Crippen MR) is 75.3 cm³/mol. The fraction of sp³-hybridized carbons (Fsp3) is 0.500. The molecule has 0 radical (unpaired) electrons. The Labute approximate surface area is 114 Å². The van der Waals surface area contributed by atoms with Crippen LogP contribution < -0.4 is 15.8 Å². The molecule has 0 spiro atoms. The zero-order valence-electron chi connectivity index (χ0n) is 11.5. The molecular weight excluding hydrogens is 244 g/mol. The lowest BCUT2D eigenvalue weighted by molar-refractivity contribution is -0.117. The molecule has 1 rings (SSSR count). The zero-order chi connectivity index (χ0) is 14.1. The topological polar surface area (TPSA) is 73.6 Å². The number of ether oxygens (including phenoxy) is 2. The van der Waals surface area contributed by atoms with Gasteiger partial charge in [0.05, 0.1) is 0 Å². The largest absolute Gasteiger partial charge is 0.492 e. The highest BCUT2D eigenvalue weighted by Crippen LogP contribution is 2.16. The van der Waals surface area contributed by atoms with Gasteiger partial charge in [0.1, 0.15) is 12.4 Å². The molecule has 0 bridgehead atoms. The molecule has 0 aromatic heterocycles. The summed E-state index contributed by atoms with van der Waals surface area (Å²) in [4.78, 5) is 11.7. The highest BCUT2D eigenvalue weighted by atomic mass is 16.5. The standard InChI is InChI=1S/C14H22N2O3/c1-11(10-18-2)9-14(17)16-12-3-5-13(6-4-12)19-8-7-15/h3-6,11H,7-10,15H2,1-2H3,(H,16,17). The average Bonchev–Trinajstić information content (AvgIpc) is 2.38. The van der Waals surface area contributed by atoms with E-state index in [2.05, 4.69) is 5.32 Å². The normalized spacial score (nSPS) is 11.9. The molecule has 0 fully saturated rings. The molecule has 0 saturated heterocycles. The molecule has 0 aliphatic rings. The van der Waals surface area contributed by atoms with Crippen molar-refractivity contribution in [3.8, 4) is 5.75 Å². The van der Waals surface area contributed by atoms with Crippen molar-refractivity contribution in [1.82, 2.24) is 0 Å². The third kappa shape index (κ3) is 6.22. The predicted octanol–water partition coefficient (Wildman–Crippen LogP) is 1.64. The number of benzene rings is 1. The second-order valence-electron chi connectivity index (χ2n) is 4.47. The molecule has 5 nitrogen and oxygen atoms in total. The summed E-state index contributed by atoms with van der Waals surface area (Å²) < 4.78 is 10.4. The molecule has 1 aromatic carbocycles. The summed E-state index contributed by atoms with van der Waals surface area (Å²) in [5, 5.41) is 2.84. The molecule has 1 unspecified atom stereocenters. The molecule has 1 aromatic rings. The van der Waals surface area contributed by atoms with Gasteiger partial charge in [0.2, 0.25) is 5.91 Å². The van der Waals surface area contributed by atoms with Crippen molar-refractivity contribution in [2.75, 3.05) is 32.2 Å². The molecule has 3 N–H and O–H groups in total. The SMILES string of the molecule is COCC(C)CC(=O)Nc1ccc(OCCN)cc1. The number of rotatable bonds is 8. The first-order valence-corrected chi connectivity index (χ1v) is 6.37. The molecule has 5 heteroatoms. The first kappa shape index (κ1) is 15.5. The van der Waals surface area contributed by atoms with E-state index >= 15 is 0 Å². The Hall–Kier alpha value is -1.59. The fourth-order valence-electron chi connectivity index (χ4n) is 1.68. The molecule has 0 aliphatic carbocycles. The fourth-order valence-corrected chi connectivity index (χ4v) is 1.68. The second-order valence-corrected chi connectivity index (χ2v) is 4.47. The molecule has 0 aliphatic heterocycles. The summed E-state index contributed by atoms with van der Waals surface area (Å²) in [6.45, 7) is 3.53. The van der Waals surface area contributed by atoms with Gasteiger partial charge in [0.25, 0.3) is 0 Å². The van der Waals surface area contributed by atoms with Crippen LogP contribution in [0.25, 0.3) is 0 Å². The van der Waals surface area contributed by atoms with Crippen molar-refractivity contribution in [3.05, 3.63) is 24.3 Å². The number of amides is 1. The van der Waals surface area contributed by atoms with Gasteiger partial charge < -0.3 is 20.5 Å². The van der Waals surface area contributed by atoms with Gasteiger partial charge in [-0.1, -0.05) is 6.92 Å². The summed E-state index contributed by atoms with van der Waals surface area (Å²) in [6.07, 6.45) is 0.444. The van der Waals surface area contributed by atoms with Crippen molar-refractivity contribution >= 4 is 11.6 Å². The van der Waals surface area contributed by atoms with E-state index in [4.69, 9.17) is 15.2 Å². The summed E-state index contributed by atoms with van der Waals surface area (Å²) in [6, 6.07) is 7.24. The Bertz CT molecular complexity index is 379. The van der Waals surface area contributed by atoms with Crippen LogP contribution in [0.15, 0.2) is 24.3 Å². The second kappa shape index (κ2) is 8.50. The number of nitrogens with one attached hydrogen (secondary N) is 1. The van der Waals surface area contributed by atoms with Crippen LogP contribution >= 0.6 is 0 Å². The van der Waals surface area contributed by atoms with Crippen LogP contribution in [-0.2, 0) is 9.53 Å². The van der Waals surface area contributed by atoms with Crippen LogP contribution in [0.2, 0.25) is 0 Å². The first-order chi connectivity index (χ1) is 9.15. The minimum atomic E-state index is -0.0137. The molecule has 106 valence electrons. The summed E-state index contributed by atoms with van der Waals surface area (Å²) in [5.74, 6) is 0.938. The highest BCUT2D eigenvalue weighted by molar-refractivity contribution is 5.90. The van der Waals surface area contributed by atoms with Gasteiger partial charge in [-0.25, -0.2) is 0 Å². The average molecular weight is 266 g/mol. The van der Waals surface area contributed by atoms with E-state index < -0.39 is 0 Å². The van der Waals surface area contributed by atoms with Crippen LogP contribution in [0, 0.1) is 5.92 Å². The lowest BCUT2D eigenvalue weighted by Crippen LogP contribution is -2.17. The third-order valence-corrected chi connectivity index (χ3v) is 2.51. The van der Waals surface area contributed by atoms with Crippen molar-refractivity contribution in [3.63, 3.8) is 0 Å². The summed E-state index contributed by atoms with van der Waals surface area (Å²) in [5.41, 5.74) is 6.11. The van der Waals surface area contributed by atoms with Gasteiger partial charge in [-0.3, -0.25) is 4.79 Å². The van der Waals surface area contributed by atoms with Crippen LogP contribution in [0.4, 0.5) is 5.69 Å². The van der Waals surface area contributed by atoms with Crippen molar-refractivity contribution in [2.45, 2.75) is 13.3 Å². The number of hydrogen-bond acceptors (Lipinski definition) is 4. The molecule has 1 amide bonds. The maximum absolute atomic E-state index is 11.7. The molecule has 19 heavy (non-hydrogen) atoms. The van der Waals surface area contributed by atoms with Gasteiger partial charge in [0.15, 0.2) is 0 Å². The highest BCUT2D eigenvalue weighted by Gasteiger charge is 2.09. The number of methoxy groups -OCH3 is 1. The zero-order valence-corrected chi connectivity index (χ0v) is 11.5. The summed E-state index contributed by atoms with van der Waals surface area (Å²) >= 11 is 0.